The number of rotatable bonds is 3. The van der Waals surface area contributed by atoms with E-state index in [1.165, 1.54) is 12.1 Å². The molecule has 1 aliphatic heterocycles. The van der Waals surface area contributed by atoms with Crippen LogP contribution in [0, 0.1) is 5.82 Å². The van der Waals surface area contributed by atoms with Gasteiger partial charge in [0.15, 0.2) is 5.78 Å². The van der Waals surface area contributed by atoms with E-state index in [1.54, 1.807) is 0 Å². The average Bonchev–Trinajstić information content (AvgIpc) is 2.69. The number of Topliss-reactive ketones (excluding diaryl/α,β-unsaturated/α-hetero) is 1. The van der Waals surface area contributed by atoms with E-state index >= 15 is 0 Å². The van der Waals surface area contributed by atoms with Crippen molar-refractivity contribution in [3.05, 3.63) is 29.6 Å². The number of halogens is 1. The van der Waals surface area contributed by atoms with E-state index in [0.29, 0.717) is 6.42 Å². The van der Waals surface area contributed by atoms with E-state index in [9.17, 15) is 9.18 Å². The van der Waals surface area contributed by atoms with E-state index in [-0.39, 0.29) is 17.6 Å². The van der Waals surface area contributed by atoms with Gasteiger partial charge in [0.2, 0.25) is 0 Å². The Hall–Kier alpha value is -1.38. The minimum absolute atomic E-state index is 0.145. The van der Waals surface area contributed by atoms with Crippen LogP contribution in [0.15, 0.2) is 18.2 Å². The van der Waals surface area contributed by atoms with Gasteiger partial charge in [-0.25, -0.2) is 4.39 Å². The van der Waals surface area contributed by atoms with Crippen molar-refractivity contribution in [3.8, 4) is 0 Å². The quantitative estimate of drug-likeness (QED) is 0.781. The van der Waals surface area contributed by atoms with Gasteiger partial charge in [0, 0.05) is 18.7 Å². The predicted octanol–water partition coefficient (Wildman–Crippen LogP) is 2.56. The second-order valence-electron chi connectivity index (χ2n) is 4.21. The van der Waals surface area contributed by atoms with Crippen LogP contribution in [-0.2, 0) is 11.2 Å². The molecule has 1 aromatic carbocycles. The lowest BCUT2D eigenvalue weighted by molar-refractivity contribution is -0.119. The van der Waals surface area contributed by atoms with Gasteiger partial charge in [0.25, 0.3) is 0 Å². The summed E-state index contributed by atoms with van der Waals surface area (Å²) in [6.07, 6.45) is 1.43. The first-order valence-electron chi connectivity index (χ1n) is 5.71. The highest BCUT2D eigenvalue weighted by Crippen LogP contribution is 2.30. The first-order valence-corrected chi connectivity index (χ1v) is 5.71. The van der Waals surface area contributed by atoms with Gasteiger partial charge in [0.1, 0.15) is 5.82 Å². The van der Waals surface area contributed by atoms with Gasteiger partial charge in [-0.1, -0.05) is 13.0 Å². The fourth-order valence-corrected chi connectivity index (χ4v) is 2.25. The minimum atomic E-state index is -0.234. The van der Waals surface area contributed by atoms with Crippen LogP contribution in [0.5, 0.6) is 0 Å². The molecular formula is C13H16FNO. The summed E-state index contributed by atoms with van der Waals surface area (Å²) in [5.74, 6) is -0.0288. The lowest BCUT2D eigenvalue weighted by Crippen LogP contribution is -2.37. The van der Waals surface area contributed by atoms with Gasteiger partial charge in [0.05, 0.1) is 6.04 Å². The lowest BCUT2D eigenvalue weighted by atomic mass is 10.1. The Morgan fingerprint density at radius 2 is 2.31 bits per heavy atom. The summed E-state index contributed by atoms with van der Waals surface area (Å²) in [6, 6.07) is 4.68. The first kappa shape index (κ1) is 11.1. The fourth-order valence-electron chi connectivity index (χ4n) is 2.25. The molecule has 3 heteroatoms. The summed E-state index contributed by atoms with van der Waals surface area (Å²) in [5.41, 5.74) is 2.02. The predicted molar refractivity (Wildman–Crippen MR) is 62.2 cm³/mol. The van der Waals surface area contributed by atoms with Crippen molar-refractivity contribution in [1.82, 2.24) is 0 Å². The summed E-state index contributed by atoms with van der Waals surface area (Å²) in [7, 11) is 0. The largest absolute Gasteiger partial charge is 0.361 e. The van der Waals surface area contributed by atoms with Gasteiger partial charge >= 0.3 is 0 Å². The summed E-state index contributed by atoms with van der Waals surface area (Å²) in [4.78, 5) is 13.7. The van der Waals surface area contributed by atoms with Crippen LogP contribution in [-0.4, -0.2) is 18.4 Å². The molecule has 86 valence electrons. The van der Waals surface area contributed by atoms with Gasteiger partial charge in [-0.3, -0.25) is 4.79 Å². The third kappa shape index (κ3) is 1.82. The Morgan fingerprint density at radius 1 is 1.56 bits per heavy atom. The van der Waals surface area contributed by atoms with Gasteiger partial charge < -0.3 is 4.90 Å². The van der Waals surface area contributed by atoms with Crippen LogP contribution in [0.2, 0.25) is 0 Å². The highest BCUT2D eigenvalue weighted by Gasteiger charge is 2.26. The SMILES string of the molecule is CCC(=O)C(C)N1CCc2ccc(F)cc21. The maximum atomic E-state index is 13.2. The van der Waals surface area contributed by atoms with Crippen LogP contribution in [0.1, 0.15) is 25.8 Å². The number of hydrogen-bond acceptors (Lipinski definition) is 2. The van der Waals surface area contributed by atoms with Crippen LogP contribution < -0.4 is 4.90 Å². The van der Waals surface area contributed by atoms with E-state index in [0.717, 1.165) is 24.2 Å². The van der Waals surface area contributed by atoms with E-state index in [2.05, 4.69) is 0 Å². The monoisotopic (exact) mass is 221 g/mol. The molecular weight excluding hydrogens is 205 g/mol. The van der Waals surface area contributed by atoms with E-state index in [4.69, 9.17) is 0 Å². The number of carbonyl (C=O) groups excluding carboxylic acids is 1. The number of benzene rings is 1. The molecule has 1 atom stereocenters. The zero-order valence-corrected chi connectivity index (χ0v) is 9.66. The molecule has 2 nitrogen and oxygen atoms in total. The zero-order valence-electron chi connectivity index (χ0n) is 9.66. The minimum Gasteiger partial charge on any atom is -0.361 e. The molecule has 0 bridgehead atoms. The van der Waals surface area contributed by atoms with Crippen LogP contribution in [0.3, 0.4) is 0 Å². The number of nitrogens with zero attached hydrogens (tertiary/aromatic N) is 1. The van der Waals surface area contributed by atoms with Crippen molar-refractivity contribution in [2.75, 3.05) is 11.4 Å². The fraction of sp³-hybridized carbons (Fsp3) is 0.462. The second kappa shape index (κ2) is 4.24. The average molecular weight is 221 g/mol. The molecule has 1 aromatic rings. The first-order chi connectivity index (χ1) is 7.63. The van der Waals surface area contributed by atoms with Crippen molar-refractivity contribution >= 4 is 11.5 Å². The normalized spacial score (nSPS) is 16.1. The summed E-state index contributed by atoms with van der Waals surface area (Å²) < 4.78 is 13.2. The van der Waals surface area contributed by atoms with Crippen molar-refractivity contribution < 1.29 is 9.18 Å². The molecule has 1 unspecified atom stereocenters. The molecule has 0 saturated carbocycles. The third-order valence-corrected chi connectivity index (χ3v) is 3.26. The maximum absolute atomic E-state index is 13.2. The molecule has 0 fully saturated rings. The number of fused-ring (bicyclic) bond motifs is 1. The molecule has 1 aliphatic rings. The third-order valence-electron chi connectivity index (χ3n) is 3.26. The lowest BCUT2D eigenvalue weighted by Gasteiger charge is -2.25. The second-order valence-corrected chi connectivity index (χ2v) is 4.21. The van der Waals surface area contributed by atoms with Gasteiger partial charge in [-0.15, -0.1) is 0 Å². The van der Waals surface area contributed by atoms with Gasteiger partial charge in [-0.2, -0.15) is 0 Å². The molecule has 1 heterocycles. The van der Waals surface area contributed by atoms with Crippen molar-refractivity contribution in [1.29, 1.82) is 0 Å². The Balaban J connectivity index is 2.29. The Kier molecular flexibility index (Phi) is 2.95. The van der Waals surface area contributed by atoms with Crippen molar-refractivity contribution in [2.45, 2.75) is 32.7 Å². The molecule has 0 spiro atoms. The molecule has 16 heavy (non-hydrogen) atoms. The number of anilines is 1. The molecule has 0 aromatic heterocycles. The zero-order chi connectivity index (χ0) is 11.7. The molecule has 0 radical (unpaired) electrons. The van der Waals surface area contributed by atoms with Crippen LogP contribution in [0.4, 0.5) is 10.1 Å². The molecule has 0 aliphatic carbocycles. The Labute approximate surface area is 95.1 Å². The molecule has 0 N–H and O–H groups in total. The molecule has 0 amide bonds. The summed E-state index contributed by atoms with van der Waals surface area (Å²) in [6.45, 7) is 4.57. The highest BCUT2D eigenvalue weighted by atomic mass is 19.1. The molecule has 0 saturated heterocycles. The number of carbonyl (C=O) groups is 1. The summed E-state index contributed by atoms with van der Waals surface area (Å²) >= 11 is 0. The number of hydrogen-bond donors (Lipinski definition) is 0. The Bertz CT molecular complexity index is 416. The van der Waals surface area contributed by atoms with Crippen molar-refractivity contribution in [3.63, 3.8) is 0 Å². The smallest absolute Gasteiger partial charge is 0.154 e. The topological polar surface area (TPSA) is 20.3 Å². The highest BCUT2D eigenvalue weighted by molar-refractivity contribution is 5.87. The van der Waals surface area contributed by atoms with Crippen LogP contribution in [0.25, 0.3) is 0 Å². The summed E-state index contributed by atoms with van der Waals surface area (Å²) in [5, 5.41) is 0. The standard InChI is InChI=1S/C13H16FNO/c1-3-13(16)9(2)15-7-6-10-4-5-11(14)8-12(10)15/h4-5,8-9H,3,6-7H2,1-2H3. The van der Waals surface area contributed by atoms with Gasteiger partial charge in [-0.05, 0) is 31.0 Å². The van der Waals surface area contributed by atoms with E-state index in [1.807, 2.05) is 24.8 Å². The number of ketones is 1. The maximum Gasteiger partial charge on any atom is 0.154 e. The van der Waals surface area contributed by atoms with Crippen molar-refractivity contribution in [2.24, 2.45) is 0 Å². The Morgan fingerprint density at radius 3 is 3.00 bits per heavy atom. The van der Waals surface area contributed by atoms with Crippen LogP contribution >= 0.6 is 0 Å². The van der Waals surface area contributed by atoms with E-state index < -0.39 is 0 Å². The molecule has 2 rings (SSSR count).